The van der Waals surface area contributed by atoms with Crippen LogP contribution < -0.4 is 15.5 Å². The zero-order valence-electron chi connectivity index (χ0n) is 14.6. The summed E-state index contributed by atoms with van der Waals surface area (Å²) >= 11 is 6.17. The van der Waals surface area contributed by atoms with E-state index in [1.807, 2.05) is 6.07 Å². The number of anilines is 2. The van der Waals surface area contributed by atoms with Crippen LogP contribution in [0.15, 0.2) is 36.4 Å². The predicted molar refractivity (Wildman–Crippen MR) is 102 cm³/mol. The zero-order chi connectivity index (χ0) is 19.0. The van der Waals surface area contributed by atoms with Crippen molar-refractivity contribution in [1.29, 1.82) is 0 Å². The van der Waals surface area contributed by atoms with Crippen LogP contribution in [0, 0.1) is 11.7 Å². The summed E-state index contributed by atoms with van der Waals surface area (Å²) in [6.07, 6.45) is 0.667. The molecule has 27 heavy (non-hydrogen) atoms. The number of nitrogens with zero attached hydrogens (tertiary/aromatic N) is 1. The quantitative estimate of drug-likeness (QED) is 0.850. The Bertz CT molecular complexity index is 918. The van der Waals surface area contributed by atoms with Crippen LogP contribution in [0.2, 0.25) is 5.02 Å². The molecule has 2 aliphatic heterocycles. The normalized spacial score (nSPS) is 19.1. The van der Waals surface area contributed by atoms with Gasteiger partial charge in [0.1, 0.15) is 5.82 Å². The lowest BCUT2D eigenvalue weighted by Gasteiger charge is -2.20. The third-order valence-electron chi connectivity index (χ3n) is 5.10. The molecule has 0 aliphatic carbocycles. The molecular formula is C20H19ClFN3O2. The Morgan fingerprint density at radius 2 is 2.07 bits per heavy atom. The number of rotatable bonds is 3. The molecule has 2 aromatic rings. The van der Waals surface area contributed by atoms with Crippen molar-refractivity contribution in [1.82, 2.24) is 5.32 Å². The van der Waals surface area contributed by atoms with E-state index in [1.165, 1.54) is 4.90 Å². The minimum atomic E-state index is -0.550. The first-order chi connectivity index (χ1) is 13.0. The van der Waals surface area contributed by atoms with E-state index >= 15 is 0 Å². The van der Waals surface area contributed by atoms with Crippen LogP contribution in [0.5, 0.6) is 0 Å². The number of carbonyl (C=O) groups excluding carboxylic acids is 2. The molecule has 5 nitrogen and oxygen atoms in total. The van der Waals surface area contributed by atoms with E-state index < -0.39 is 5.92 Å². The highest BCUT2D eigenvalue weighted by molar-refractivity contribution is 6.33. The maximum atomic E-state index is 14.7. The van der Waals surface area contributed by atoms with Crippen molar-refractivity contribution in [2.45, 2.75) is 19.4 Å². The average molecular weight is 388 g/mol. The van der Waals surface area contributed by atoms with Crippen molar-refractivity contribution in [3.05, 3.63) is 58.4 Å². The zero-order valence-corrected chi connectivity index (χ0v) is 15.4. The van der Waals surface area contributed by atoms with Crippen molar-refractivity contribution in [3.63, 3.8) is 0 Å². The van der Waals surface area contributed by atoms with Gasteiger partial charge in [-0.25, -0.2) is 4.39 Å². The summed E-state index contributed by atoms with van der Waals surface area (Å²) in [7, 11) is 0. The Hall–Kier alpha value is -2.44. The fourth-order valence-electron chi connectivity index (χ4n) is 3.65. The van der Waals surface area contributed by atoms with Gasteiger partial charge in [-0.3, -0.25) is 9.59 Å². The Labute approximate surface area is 161 Å². The van der Waals surface area contributed by atoms with Gasteiger partial charge in [0.15, 0.2) is 0 Å². The number of amides is 2. The predicted octanol–water partition coefficient (Wildman–Crippen LogP) is 3.12. The topological polar surface area (TPSA) is 61.4 Å². The molecule has 0 radical (unpaired) electrons. The number of carbonyl (C=O) groups is 2. The fraction of sp³-hybridized carbons (Fsp3) is 0.300. The second-order valence-electron chi connectivity index (χ2n) is 6.84. The van der Waals surface area contributed by atoms with Crippen molar-refractivity contribution >= 4 is 34.8 Å². The van der Waals surface area contributed by atoms with Crippen LogP contribution in [-0.4, -0.2) is 24.9 Å². The molecule has 2 N–H and O–H groups in total. The van der Waals surface area contributed by atoms with E-state index in [2.05, 4.69) is 10.6 Å². The highest BCUT2D eigenvalue weighted by atomic mass is 35.5. The number of hydrogen-bond acceptors (Lipinski definition) is 3. The van der Waals surface area contributed by atoms with E-state index in [0.29, 0.717) is 35.8 Å². The first-order valence-corrected chi connectivity index (χ1v) is 9.29. The second-order valence-corrected chi connectivity index (χ2v) is 7.24. The van der Waals surface area contributed by atoms with E-state index in [0.717, 1.165) is 5.56 Å². The van der Waals surface area contributed by atoms with Gasteiger partial charge >= 0.3 is 0 Å². The van der Waals surface area contributed by atoms with Crippen molar-refractivity contribution in [2.24, 2.45) is 5.92 Å². The Morgan fingerprint density at radius 3 is 2.89 bits per heavy atom. The largest absolute Gasteiger partial charge is 0.323 e. The third-order valence-corrected chi connectivity index (χ3v) is 5.42. The summed E-state index contributed by atoms with van der Waals surface area (Å²) < 4.78 is 14.7. The summed E-state index contributed by atoms with van der Waals surface area (Å²) in [6.45, 7) is 1.57. The molecule has 0 spiro atoms. The molecule has 0 bridgehead atoms. The van der Waals surface area contributed by atoms with Crippen LogP contribution in [0.4, 0.5) is 15.8 Å². The number of fused-ring (bicyclic) bond motifs is 1. The van der Waals surface area contributed by atoms with Gasteiger partial charge in [0.25, 0.3) is 0 Å². The first-order valence-electron chi connectivity index (χ1n) is 8.91. The molecule has 0 aromatic heterocycles. The Balaban J connectivity index is 1.50. The fourth-order valence-corrected chi connectivity index (χ4v) is 3.89. The van der Waals surface area contributed by atoms with Gasteiger partial charge in [-0.15, -0.1) is 0 Å². The van der Waals surface area contributed by atoms with Crippen molar-refractivity contribution in [3.8, 4) is 0 Å². The van der Waals surface area contributed by atoms with E-state index in [-0.39, 0.29) is 36.3 Å². The molecular weight excluding hydrogens is 369 g/mol. The van der Waals surface area contributed by atoms with E-state index in [4.69, 9.17) is 11.6 Å². The maximum Gasteiger partial charge on any atom is 0.229 e. The lowest BCUT2D eigenvalue weighted by molar-refractivity contribution is -0.122. The second kappa shape index (κ2) is 7.29. The molecule has 2 amide bonds. The molecule has 4 rings (SSSR count). The molecule has 0 saturated carbocycles. The first kappa shape index (κ1) is 17.9. The number of nitrogens with one attached hydrogen (secondary N) is 2. The van der Waals surface area contributed by atoms with E-state index in [9.17, 15) is 14.0 Å². The number of benzene rings is 2. The van der Waals surface area contributed by atoms with Crippen LogP contribution in [0.1, 0.15) is 17.5 Å². The van der Waals surface area contributed by atoms with Gasteiger partial charge in [-0.1, -0.05) is 29.8 Å². The number of hydrogen-bond donors (Lipinski definition) is 2. The maximum absolute atomic E-state index is 14.7. The average Bonchev–Trinajstić information content (AvgIpc) is 3.06. The highest BCUT2D eigenvalue weighted by Crippen LogP contribution is 2.32. The molecule has 7 heteroatoms. The summed E-state index contributed by atoms with van der Waals surface area (Å²) in [5, 5.41) is 6.32. The van der Waals surface area contributed by atoms with Crippen LogP contribution in [0.3, 0.4) is 0 Å². The van der Waals surface area contributed by atoms with Gasteiger partial charge in [0.05, 0.1) is 22.3 Å². The van der Waals surface area contributed by atoms with Gasteiger partial charge in [0, 0.05) is 19.5 Å². The summed E-state index contributed by atoms with van der Waals surface area (Å²) in [4.78, 5) is 26.5. The third kappa shape index (κ3) is 3.42. The molecule has 1 atom stereocenters. The lowest BCUT2D eigenvalue weighted by atomic mass is 9.99. The summed E-state index contributed by atoms with van der Waals surface area (Å²) in [5.41, 5.74) is 2.32. The molecule has 1 saturated heterocycles. The van der Waals surface area contributed by atoms with Crippen LogP contribution >= 0.6 is 11.6 Å². The number of halogens is 2. The van der Waals surface area contributed by atoms with Crippen LogP contribution in [0.25, 0.3) is 0 Å². The van der Waals surface area contributed by atoms with E-state index in [1.54, 1.807) is 30.3 Å². The van der Waals surface area contributed by atoms with Crippen molar-refractivity contribution in [2.75, 3.05) is 23.3 Å². The number of para-hydroxylation sites is 1. The monoisotopic (exact) mass is 387 g/mol. The molecule has 2 aliphatic rings. The van der Waals surface area contributed by atoms with Gasteiger partial charge in [-0.05, 0) is 42.3 Å². The molecule has 2 aromatic carbocycles. The van der Waals surface area contributed by atoms with Crippen molar-refractivity contribution < 1.29 is 14.0 Å². The molecule has 1 fully saturated rings. The molecule has 2 heterocycles. The summed E-state index contributed by atoms with van der Waals surface area (Å²) in [5.74, 6) is -1.45. The smallest absolute Gasteiger partial charge is 0.229 e. The minimum Gasteiger partial charge on any atom is -0.323 e. The molecule has 1 unspecified atom stereocenters. The Kier molecular flexibility index (Phi) is 4.85. The van der Waals surface area contributed by atoms with Gasteiger partial charge in [-0.2, -0.15) is 0 Å². The standard InChI is InChI=1S/C20H19ClFN3O2/c21-15-3-1-2-4-17(15)25-11-13(9-18(25)26)20(27)24-16-6-5-12-10-23-8-7-14(12)19(16)22/h1-6,13,23H,7-11H2,(H,24,27). The Morgan fingerprint density at radius 1 is 1.26 bits per heavy atom. The SMILES string of the molecule is O=C(Nc1ccc2c(c1F)CCNC2)C1CC(=O)N(c2ccccc2Cl)C1. The lowest BCUT2D eigenvalue weighted by Crippen LogP contribution is -2.29. The molecule has 140 valence electrons. The summed E-state index contributed by atoms with van der Waals surface area (Å²) in [6, 6.07) is 10.4. The van der Waals surface area contributed by atoms with Gasteiger partial charge < -0.3 is 15.5 Å². The van der Waals surface area contributed by atoms with Crippen LogP contribution in [-0.2, 0) is 22.6 Å². The minimum absolute atomic E-state index is 0.0769. The highest BCUT2D eigenvalue weighted by Gasteiger charge is 2.36. The van der Waals surface area contributed by atoms with Gasteiger partial charge in [0.2, 0.25) is 11.8 Å².